The van der Waals surface area contributed by atoms with E-state index in [1.54, 1.807) is 12.1 Å². The van der Waals surface area contributed by atoms with Crippen LogP contribution in [0.1, 0.15) is 17.5 Å². The Bertz CT molecular complexity index is 1150. The smallest absolute Gasteiger partial charge is 0.296 e. The second kappa shape index (κ2) is 8.45. The van der Waals surface area contributed by atoms with Crippen molar-refractivity contribution in [3.05, 3.63) is 77.9 Å². The Kier molecular flexibility index (Phi) is 5.87. The van der Waals surface area contributed by atoms with E-state index in [0.29, 0.717) is 0 Å². The first kappa shape index (κ1) is 21.5. The van der Waals surface area contributed by atoms with Crippen molar-refractivity contribution in [2.24, 2.45) is 5.92 Å². The van der Waals surface area contributed by atoms with Gasteiger partial charge < -0.3 is 4.74 Å². The van der Waals surface area contributed by atoms with Gasteiger partial charge in [0.15, 0.2) is 11.6 Å². The minimum absolute atomic E-state index is 0.0480. The van der Waals surface area contributed by atoms with Gasteiger partial charge in [0.05, 0.1) is 24.7 Å². The predicted molar refractivity (Wildman–Crippen MR) is 106 cm³/mol. The van der Waals surface area contributed by atoms with Crippen LogP contribution in [0.3, 0.4) is 0 Å². The number of benzene rings is 2. The minimum atomic E-state index is -3.95. The maximum Gasteiger partial charge on any atom is 0.296 e. The van der Waals surface area contributed by atoms with Crippen LogP contribution in [0.4, 0.5) is 8.78 Å². The van der Waals surface area contributed by atoms with Gasteiger partial charge in [-0.05, 0) is 31.5 Å². The van der Waals surface area contributed by atoms with Crippen molar-refractivity contribution in [1.82, 2.24) is 14.8 Å². The molecule has 7 nitrogen and oxygen atoms in total. The van der Waals surface area contributed by atoms with Gasteiger partial charge in [-0.1, -0.05) is 29.8 Å². The number of nitrogens with zero attached hydrogens (tertiary/aromatic N) is 3. The van der Waals surface area contributed by atoms with Crippen molar-refractivity contribution in [2.45, 2.75) is 30.4 Å². The van der Waals surface area contributed by atoms with E-state index >= 15 is 0 Å². The average molecular weight is 449 g/mol. The molecule has 2 atom stereocenters. The van der Waals surface area contributed by atoms with Gasteiger partial charge in [-0.25, -0.2) is 18.4 Å². The van der Waals surface area contributed by atoms with Crippen LogP contribution in [-0.2, 0) is 31.2 Å². The molecule has 0 bridgehead atoms. The molecule has 1 saturated heterocycles. The largest absolute Gasteiger partial charge is 0.368 e. The molecule has 0 unspecified atom stereocenters. The van der Waals surface area contributed by atoms with E-state index in [9.17, 15) is 17.2 Å². The summed E-state index contributed by atoms with van der Waals surface area (Å²) >= 11 is 0. The summed E-state index contributed by atoms with van der Waals surface area (Å²) in [5.41, 5.74) is -0.258. The first-order chi connectivity index (χ1) is 14.8. The zero-order valence-corrected chi connectivity index (χ0v) is 17.6. The molecular weight excluding hydrogens is 428 g/mol. The summed E-state index contributed by atoms with van der Waals surface area (Å²) in [6.07, 6.45) is 3.00. The number of halogens is 2. The molecule has 3 aromatic rings. The number of hydrogen-bond acceptors (Lipinski definition) is 6. The van der Waals surface area contributed by atoms with Crippen LogP contribution in [0.2, 0.25) is 0 Å². The summed E-state index contributed by atoms with van der Waals surface area (Å²) in [5.74, 6) is -2.34. The molecule has 2 aromatic carbocycles. The van der Waals surface area contributed by atoms with Gasteiger partial charge in [0.1, 0.15) is 18.3 Å². The molecule has 1 aromatic heterocycles. The summed E-state index contributed by atoms with van der Waals surface area (Å²) < 4.78 is 66.2. The molecule has 31 heavy (non-hydrogen) atoms. The molecule has 0 radical (unpaired) electrons. The fraction of sp³-hybridized carbons (Fsp3) is 0.333. The maximum absolute atomic E-state index is 14.7. The van der Waals surface area contributed by atoms with Crippen LogP contribution < -0.4 is 0 Å². The van der Waals surface area contributed by atoms with Crippen molar-refractivity contribution in [2.75, 3.05) is 13.2 Å². The SMILES string of the molecule is Cc1ccc(S(=O)(=O)OC[C@@H]2CO[C@@](Cn3cncn3)(c3cccc(F)c3F)C2)cc1. The average Bonchev–Trinajstić information content (AvgIpc) is 3.40. The number of rotatable bonds is 7. The van der Waals surface area contributed by atoms with Crippen LogP contribution in [0.15, 0.2) is 60.0 Å². The molecule has 10 heteroatoms. The highest BCUT2D eigenvalue weighted by Crippen LogP contribution is 2.42. The van der Waals surface area contributed by atoms with E-state index in [4.69, 9.17) is 8.92 Å². The van der Waals surface area contributed by atoms with Crippen LogP contribution in [0, 0.1) is 24.5 Å². The molecule has 1 aliphatic heterocycles. The highest BCUT2D eigenvalue weighted by Gasteiger charge is 2.45. The summed E-state index contributed by atoms with van der Waals surface area (Å²) in [6.45, 7) is 1.92. The van der Waals surface area contributed by atoms with Gasteiger partial charge in [-0.3, -0.25) is 4.18 Å². The van der Waals surface area contributed by atoms with Crippen molar-refractivity contribution in [3.63, 3.8) is 0 Å². The van der Waals surface area contributed by atoms with Gasteiger partial charge in [0.2, 0.25) is 0 Å². The fourth-order valence-corrected chi connectivity index (χ4v) is 4.72. The van der Waals surface area contributed by atoms with E-state index in [1.807, 2.05) is 6.92 Å². The molecular formula is C21H21F2N3O4S. The Hall–Kier alpha value is -2.69. The van der Waals surface area contributed by atoms with Crippen molar-refractivity contribution >= 4 is 10.1 Å². The number of ether oxygens (including phenoxy) is 1. The third-order valence-corrected chi connectivity index (χ3v) is 6.60. The molecule has 4 rings (SSSR count). The molecule has 2 heterocycles. The molecule has 0 N–H and O–H groups in total. The van der Waals surface area contributed by atoms with E-state index < -0.39 is 27.4 Å². The van der Waals surface area contributed by atoms with Gasteiger partial charge in [-0.15, -0.1) is 0 Å². The summed E-state index contributed by atoms with van der Waals surface area (Å²) in [7, 11) is -3.95. The lowest BCUT2D eigenvalue weighted by molar-refractivity contribution is -0.0210. The summed E-state index contributed by atoms with van der Waals surface area (Å²) in [4.78, 5) is 3.94. The van der Waals surface area contributed by atoms with E-state index in [2.05, 4.69) is 10.1 Å². The first-order valence-electron chi connectivity index (χ1n) is 9.66. The second-order valence-corrected chi connectivity index (χ2v) is 9.24. The summed E-state index contributed by atoms with van der Waals surface area (Å²) in [5, 5.41) is 4.04. The van der Waals surface area contributed by atoms with Crippen molar-refractivity contribution in [3.8, 4) is 0 Å². The van der Waals surface area contributed by atoms with Crippen molar-refractivity contribution in [1.29, 1.82) is 0 Å². The quantitative estimate of drug-likeness (QED) is 0.515. The highest BCUT2D eigenvalue weighted by atomic mass is 32.2. The van der Waals surface area contributed by atoms with E-state index in [-0.39, 0.29) is 42.6 Å². The van der Waals surface area contributed by atoms with Crippen LogP contribution in [-0.4, -0.2) is 36.4 Å². The lowest BCUT2D eigenvalue weighted by Crippen LogP contribution is -2.33. The Morgan fingerprint density at radius 2 is 2.00 bits per heavy atom. The standard InChI is InChI=1S/C21H21F2N3O4S/c1-15-5-7-17(8-6-15)31(27,28)30-11-16-9-21(29-10-16,12-26-14-24-13-25-26)18-3-2-4-19(22)20(18)23/h2-8,13-14,16H,9-12H2,1H3/t16-,21-/m0/s1. The third-order valence-electron chi connectivity index (χ3n) is 5.31. The van der Waals surface area contributed by atoms with Gasteiger partial charge in [-0.2, -0.15) is 13.5 Å². The molecule has 0 saturated carbocycles. The number of aromatic nitrogens is 3. The Morgan fingerprint density at radius 3 is 2.71 bits per heavy atom. The molecule has 1 aliphatic rings. The van der Waals surface area contributed by atoms with E-state index in [0.717, 1.165) is 11.6 Å². The fourth-order valence-electron chi connectivity index (χ4n) is 3.74. The molecule has 0 spiro atoms. The van der Waals surface area contributed by atoms with E-state index in [1.165, 1.54) is 41.6 Å². The highest BCUT2D eigenvalue weighted by molar-refractivity contribution is 7.86. The van der Waals surface area contributed by atoms with Crippen LogP contribution in [0.5, 0.6) is 0 Å². The predicted octanol–water partition coefficient (Wildman–Crippen LogP) is 3.20. The van der Waals surface area contributed by atoms with Crippen molar-refractivity contribution < 1.29 is 26.1 Å². The third kappa shape index (κ3) is 4.51. The zero-order valence-electron chi connectivity index (χ0n) is 16.7. The molecule has 0 aliphatic carbocycles. The summed E-state index contributed by atoms with van der Waals surface area (Å²) in [6, 6.07) is 10.2. The number of hydrogen-bond donors (Lipinski definition) is 0. The van der Waals surface area contributed by atoms with Gasteiger partial charge in [0.25, 0.3) is 10.1 Å². The Balaban J connectivity index is 1.54. The number of aryl methyl sites for hydroxylation is 1. The topological polar surface area (TPSA) is 83.3 Å². The van der Waals surface area contributed by atoms with Crippen LogP contribution >= 0.6 is 0 Å². The monoisotopic (exact) mass is 449 g/mol. The minimum Gasteiger partial charge on any atom is -0.368 e. The molecule has 0 amide bonds. The van der Waals surface area contributed by atoms with Crippen LogP contribution in [0.25, 0.3) is 0 Å². The normalized spacial score (nSPS) is 21.5. The molecule has 164 valence electrons. The lowest BCUT2D eigenvalue weighted by Gasteiger charge is -2.29. The zero-order chi connectivity index (χ0) is 22.1. The Labute approximate surface area is 178 Å². The first-order valence-corrected chi connectivity index (χ1v) is 11.1. The molecule has 1 fully saturated rings. The Morgan fingerprint density at radius 1 is 1.23 bits per heavy atom. The van der Waals surface area contributed by atoms with Gasteiger partial charge in [0, 0.05) is 11.5 Å². The lowest BCUT2D eigenvalue weighted by atomic mass is 9.87. The van der Waals surface area contributed by atoms with Gasteiger partial charge >= 0.3 is 0 Å². The second-order valence-electron chi connectivity index (χ2n) is 7.62. The maximum atomic E-state index is 14.7.